The van der Waals surface area contributed by atoms with Crippen LogP contribution in [0.25, 0.3) is 5.57 Å². The van der Waals surface area contributed by atoms with Crippen molar-refractivity contribution in [2.45, 2.75) is 26.2 Å². The van der Waals surface area contributed by atoms with E-state index in [2.05, 4.69) is 17.9 Å². The second-order valence-electron chi connectivity index (χ2n) is 6.65. The number of carboxylic acid groups (broad SMARTS) is 1. The third kappa shape index (κ3) is 3.44. The van der Waals surface area contributed by atoms with E-state index in [-0.39, 0.29) is 0 Å². The lowest BCUT2D eigenvalue weighted by Gasteiger charge is -2.33. The SMILES string of the molecule is CC1CCN(c2cc(C3=CCN(C(=O)O)CC3)ccc2N)CC1. The lowest BCUT2D eigenvalue weighted by atomic mass is 9.96. The summed E-state index contributed by atoms with van der Waals surface area (Å²) in [4.78, 5) is 14.8. The number of nitrogen functional groups attached to an aromatic ring is 1. The summed E-state index contributed by atoms with van der Waals surface area (Å²) in [7, 11) is 0. The molecular weight excluding hydrogens is 290 g/mol. The Bertz CT molecular complexity index is 619. The molecule has 2 heterocycles. The Morgan fingerprint density at radius 3 is 2.61 bits per heavy atom. The second kappa shape index (κ2) is 6.52. The Balaban J connectivity index is 1.79. The van der Waals surface area contributed by atoms with Crippen molar-refractivity contribution < 1.29 is 9.90 Å². The zero-order valence-corrected chi connectivity index (χ0v) is 13.7. The normalized spacial score (nSPS) is 19.6. The lowest BCUT2D eigenvalue weighted by molar-refractivity contribution is 0.150. The first-order valence-electron chi connectivity index (χ1n) is 8.36. The minimum absolute atomic E-state index is 0.464. The number of benzene rings is 1. The van der Waals surface area contributed by atoms with Crippen LogP contribution in [-0.2, 0) is 0 Å². The maximum atomic E-state index is 11.0. The van der Waals surface area contributed by atoms with E-state index >= 15 is 0 Å². The van der Waals surface area contributed by atoms with Crippen LogP contribution in [0.5, 0.6) is 0 Å². The molecule has 5 nitrogen and oxygen atoms in total. The van der Waals surface area contributed by atoms with Crippen molar-refractivity contribution in [3.8, 4) is 0 Å². The number of nitrogens with zero attached hydrogens (tertiary/aromatic N) is 2. The van der Waals surface area contributed by atoms with Gasteiger partial charge in [-0.15, -0.1) is 0 Å². The van der Waals surface area contributed by atoms with Crippen molar-refractivity contribution >= 4 is 23.0 Å². The molecule has 0 radical (unpaired) electrons. The average molecular weight is 315 g/mol. The third-order valence-electron chi connectivity index (χ3n) is 5.01. The summed E-state index contributed by atoms with van der Waals surface area (Å²) in [6.45, 7) is 5.44. The van der Waals surface area contributed by atoms with Crippen LogP contribution in [0.1, 0.15) is 31.7 Å². The minimum atomic E-state index is -0.847. The Hall–Kier alpha value is -2.17. The van der Waals surface area contributed by atoms with Crippen molar-refractivity contribution in [2.24, 2.45) is 5.92 Å². The number of anilines is 2. The van der Waals surface area contributed by atoms with Gasteiger partial charge in [-0.1, -0.05) is 19.1 Å². The summed E-state index contributed by atoms with van der Waals surface area (Å²) in [5.74, 6) is 0.790. The van der Waals surface area contributed by atoms with Gasteiger partial charge in [-0.05, 0) is 48.4 Å². The predicted molar refractivity (Wildman–Crippen MR) is 93.7 cm³/mol. The molecule has 23 heavy (non-hydrogen) atoms. The van der Waals surface area contributed by atoms with Gasteiger partial charge >= 0.3 is 6.09 Å². The largest absolute Gasteiger partial charge is 0.465 e. The van der Waals surface area contributed by atoms with Gasteiger partial charge in [0.25, 0.3) is 0 Å². The van der Waals surface area contributed by atoms with Crippen LogP contribution in [0.3, 0.4) is 0 Å². The number of nitrogens with two attached hydrogens (primary N) is 1. The van der Waals surface area contributed by atoms with Crippen molar-refractivity contribution in [1.82, 2.24) is 4.90 Å². The molecule has 0 spiro atoms. The van der Waals surface area contributed by atoms with E-state index in [1.165, 1.54) is 23.3 Å². The van der Waals surface area contributed by atoms with Crippen molar-refractivity contribution in [2.75, 3.05) is 36.8 Å². The van der Waals surface area contributed by atoms with Gasteiger partial charge in [0.15, 0.2) is 0 Å². The Morgan fingerprint density at radius 1 is 1.26 bits per heavy atom. The van der Waals surface area contributed by atoms with Crippen LogP contribution in [-0.4, -0.2) is 42.3 Å². The van der Waals surface area contributed by atoms with Gasteiger partial charge in [-0.25, -0.2) is 4.79 Å². The number of piperidine rings is 1. The van der Waals surface area contributed by atoms with E-state index in [9.17, 15) is 4.79 Å². The molecule has 3 N–H and O–H groups in total. The number of amides is 1. The summed E-state index contributed by atoms with van der Waals surface area (Å²) in [5, 5.41) is 9.04. The zero-order valence-electron chi connectivity index (χ0n) is 13.7. The summed E-state index contributed by atoms with van der Waals surface area (Å²) < 4.78 is 0. The summed E-state index contributed by atoms with van der Waals surface area (Å²) in [6.07, 6.45) is 4.35. The quantitative estimate of drug-likeness (QED) is 0.822. The van der Waals surface area contributed by atoms with Gasteiger partial charge in [0.2, 0.25) is 0 Å². The predicted octanol–water partition coefficient (Wildman–Crippen LogP) is 3.27. The van der Waals surface area contributed by atoms with Crippen LogP contribution < -0.4 is 10.6 Å². The van der Waals surface area contributed by atoms with Crippen LogP contribution in [0.4, 0.5) is 16.2 Å². The first-order valence-corrected chi connectivity index (χ1v) is 8.36. The van der Waals surface area contributed by atoms with Crippen LogP contribution in [0.2, 0.25) is 0 Å². The molecule has 2 aliphatic rings. The van der Waals surface area contributed by atoms with E-state index < -0.39 is 6.09 Å². The maximum absolute atomic E-state index is 11.0. The molecule has 0 saturated carbocycles. The lowest BCUT2D eigenvalue weighted by Crippen LogP contribution is -2.34. The van der Waals surface area contributed by atoms with Gasteiger partial charge in [-0.3, -0.25) is 0 Å². The van der Waals surface area contributed by atoms with Crippen LogP contribution >= 0.6 is 0 Å². The molecule has 124 valence electrons. The molecule has 0 atom stereocenters. The van der Waals surface area contributed by atoms with Crippen molar-refractivity contribution in [1.29, 1.82) is 0 Å². The second-order valence-corrected chi connectivity index (χ2v) is 6.65. The topological polar surface area (TPSA) is 69.8 Å². The van der Waals surface area contributed by atoms with Crippen LogP contribution in [0.15, 0.2) is 24.3 Å². The molecule has 1 amide bonds. The highest BCUT2D eigenvalue weighted by molar-refractivity contribution is 5.77. The van der Waals surface area contributed by atoms with Crippen molar-refractivity contribution in [3.05, 3.63) is 29.8 Å². The molecule has 0 bridgehead atoms. The molecule has 1 aromatic rings. The maximum Gasteiger partial charge on any atom is 0.407 e. The monoisotopic (exact) mass is 315 g/mol. The van der Waals surface area contributed by atoms with Gasteiger partial charge in [-0.2, -0.15) is 0 Å². The van der Waals surface area contributed by atoms with E-state index in [4.69, 9.17) is 10.8 Å². The Kier molecular flexibility index (Phi) is 4.46. The molecule has 0 aromatic heterocycles. The van der Waals surface area contributed by atoms with Gasteiger partial charge < -0.3 is 20.6 Å². The number of hydrogen-bond donors (Lipinski definition) is 2. The molecular formula is C18H25N3O2. The highest BCUT2D eigenvalue weighted by atomic mass is 16.4. The fourth-order valence-corrected chi connectivity index (χ4v) is 3.37. The third-order valence-corrected chi connectivity index (χ3v) is 5.01. The average Bonchev–Trinajstić information content (AvgIpc) is 2.56. The molecule has 0 aliphatic carbocycles. The molecule has 1 aromatic carbocycles. The molecule has 3 rings (SSSR count). The number of rotatable bonds is 2. The Labute approximate surface area is 137 Å². The zero-order chi connectivity index (χ0) is 16.4. The highest BCUT2D eigenvalue weighted by Gasteiger charge is 2.20. The molecule has 1 fully saturated rings. The standard InChI is InChI=1S/C18H25N3O2/c1-13-4-8-20(9-5-13)17-12-15(2-3-16(17)19)14-6-10-21(11-7-14)18(22)23/h2-3,6,12-13H,4-5,7-11,19H2,1H3,(H,22,23). The molecule has 0 unspecified atom stereocenters. The molecule has 5 heteroatoms. The molecule has 1 saturated heterocycles. The summed E-state index contributed by atoms with van der Waals surface area (Å²) in [5.41, 5.74) is 10.5. The number of hydrogen-bond acceptors (Lipinski definition) is 3. The van der Waals surface area contributed by atoms with Gasteiger partial charge in [0.1, 0.15) is 0 Å². The smallest absolute Gasteiger partial charge is 0.407 e. The van der Waals surface area contributed by atoms with Crippen LogP contribution in [0, 0.1) is 5.92 Å². The summed E-state index contributed by atoms with van der Waals surface area (Å²) >= 11 is 0. The van der Waals surface area contributed by atoms with Gasteiger partial charge in [0.05, 0.1) is 11.4 Å². The highest BCUT2D eigenvalue weighted by Crippen LogP contribution is 2.32. The van der Waals surface area contributed by atoms with Gasteiger partial charge in [0, 0.05) is 26.2 Å². The fourth-order valence-electron chi connectivity index (χ4n) is 3.37. The minimum Gasteiger partial charge on any atom is -0.465 e. The first-order chi connectivity index (χ1) is 11.0. The first kappa shape index (κ1) is 15.7. The van der Waals surface area contributed by atoms with E-state index in [1.807, 2.05) is 18.2 Å². The number of carbonyl (C=O) groups is 1. The summed E-state index contributed by atoms with van der Waals surface area (Å²) in [6, 6.07) is 6.20. The van der Waals surface area contributed by atoms with E-state index in [0.717, 1.165) is 42.4 Å². The van der Waals surface area contributed by atoms with E-state index in [1.54, 1.807) is 0 Å². The van der Waals surface area contributed by atoms with E-state index in [0.29, 0.717) is 13.1 Å². The molecule has 2 aliphatic heterocycles. The fraction of sp³-hybridized carbons (Fsp3) is 0.500. The van der Waals surface area contributed by atoms with Crippen molar-refractivity contribution in [3.63, 3.8) is 0 Å². The Morgan fingerprint density at radius 2 is 2.00 bits per heavy atom.